The molecule has 0 unspecified atom stereocenters. The van der Waals surface area contributed by atoms with Gasteiger partial charge in [0.15, 0.2) is 0 Å². The largest absolute Gasteiger partial charge is 0.507 e. The molecule has 1 aliphatic heterocycles. The van der Waals surface area contributed by atoms with Gasteiger partial charge >= 0.3 is 0 Å². The summed E-state index contributed by atoms with van der Waals surface area (Å²) in [6, 6.07) is 4.98. The van der Waals surface area contributed by atoms with Crippen LogP contribution in [0.1, 0.15) is 38.2 Å². The summed E-state index contributed by atoms with van der Waals surface area (Å²) >= 11 is 0. The number of hydrogen-bond donors (Lipinski definition) is 2. The van der Waals surface area contributed by atoms with Crippen LogP contribution in [0.25, 0.3) is 0 Å². The minimum Gasteiger partial charge on any atom is -0.507 e. The zero-order valence-corrected chi connectivity index (χ0v) is 13.8. The average Bonchev–Trinajstić information content (AvgIpc) is 2.58. The molecule has 1 saturated heterocycles. The van der Waals surface area contributed by atoms with Gasteiger partial charge in [-0.1, -0.05) is 6.42 Å². The minimum atomic E-state index is -0.108. The molecule has 2 rings (SSSR count). The van der Waals surface area contributed by atoms with E-state index in [1.54, 1.807) is 19.1 Å². The molecule has 0 aromatic heterocycles. The Bertz CT molecular complexity index is 566. The second-order valence-electron chi connectivity index (χ2n) is 5.77. The van der Waals surface area contributed by atoms with Crippen LogP contribution < -0.4 is 10.2 Å². The minimum absolute atomic E-state index is 0.0770. The van der Waals surface area contributed by atoms with Crippen molar-refractivity contribution in [3.63, 3.8) is 0 Å². The SMILES string of the molecule is COc1ccc(/C(C)=N/NC(=O)CCN2CCCCC2)c(O)c1. The predicted molar refractivity (Wildman–Crippen MR) is 89.9 cm³/mol. The van der Waals surface area contributed by atoms with Crippen LogP contribution in [-0.4, -0.2) is 48.4 Å². The van der Waals surface area contributed by atoms with Crippen LogP contribution >= 0.6 is 0 Å². The van der Waals surface area contributed by atoms with Crippen molar-refractivity contribution in [2.75, 3.05) is 26.7 Å². The molecule has 1 aliphatic rings. The van der Waals surface area contributed by atoms with Crippen LogP contribution in [-0.2, 0) is 4.79 Å². The predicted octanol–water partition coefficient (Wildman–Crippen LogP) is 2.12. The van der Waals surface area contributed by atoms with E-state index in [1.807, 2.05) is 0 Å². The van der Waals surface area contributed by atoms with Crippen LogP contribution in [0.15, 0.2) is 23.3 Å². The smallest absolute Gasteiger partial charge is 0.241 e. The Kier molecular flexibility index (Phi) is 6.40. The monoisotopic (exact) mass is 319 g/mol. The number of likely N-dealkylation sites (tertiary alicyclic amines) is 1. The topological polar surface area (TPSA) is 74.2 Å². The van der Waals surface area contributed by atoms with Crippen LogP contribution in [0.2, 0.25) is 0 Å². The first-order chi connectivity index (χ1) is 11.1. The van der Waals surface area contributed by atoms with Crippen molar-refractivity contribution >= 4 is 11.6 Å². The number of rotatable bonds is 6. The van der Waals surface area contributed by atoms with Crippen LogP contribution in [0.5, 0.6) is 11.5 Å². The molecule has 1 heterocycles. The molecular weight excluding hydrogens is 294 g/mol. The molecule has 126 valence electrons. The summed E-state index contributed by atoms with van der Waals surface area (Å²) in [5.74, 6) is 0.542. The number of methoxy groups -OCH3 is 1. The third-order valence-electron chi connectivity index (χ3n) is 4.05. The Morgan fingerprint density at radius 1 is 1.35 bits per heavy atom. The van der Waals surface area contributed by atoms with Crippen LogP contribution in [0.3, 0.4) is 0 Å². The van der Waals surface area contributed by atoms with Crippen molar-refractivity contribution in [3.05, 3.63) is 23.8 Å². The van der Waals surface area contributed by atoms with E-state index in [9.17, 15) is 9.90 Å². The number of nitrogens with zero attached hydrogens (tertiary/aromatic N) is 2. The van der Waals surface area contributed by atoms with Crippen molar-refractivity contribution in [1.29, 1.82) is 0 Å². The summed E-state index contributed by atoms with van der Waals surface area (Å²) in [5.41, 5.74) is 3.68. The molecule has 0 atom stereocenters. The quantitative estimate of drug-likeness (QED) is 0.622. The number of hydrazone groups is 1. The molecule has 0 radical (unpaired) electrons. The number of carbonyl (C=O) groups excluding carboxylic acids is 1. The van der Waals surface area contributed by atoms with Gasteiger partial charge < -0.3 is 14.7 Å². The molecule has 0 bridgehead atoms. The molecule has 23 heavy (non-hydrogen) atoms. The number of benzene rings is 1. The summed E-state index contributed by atoms with van der Waals surface area (Å²) in [6.45, 7) is 4.67. The Balaban J connectivity index is 1.84. The standard InChI is InChI=1S/C17H25N3O3/c1-13(15-7-6-14(23-2)12-16(15)21)18-19-17(22)8-11-20-9-4-3-5-10-20/h6-7,12,21H,3-5,8-11H2,1-2H3,(H,19,22)/b18-13+. The molecule has 0 saturated carbocycles. The lowest BCUT2D eigenvalue weighted by atomic mass is 10.1. The van der Waals surface area contributed by atoms with Crippen molar-refractivity contribution < 1.29 is 14.6 Å². The number of carbonyl (C=O) groups is 1. The summed E-state index contributed by atoms with van der Waals surface area (Å²) in [4.78, 5) is 14.2. The number of aromatic hydroxyl groups is 1. The van der Waals surface area contributed by atoms with E-state index in [2.05, 4.69) is 15.4 Å². The zero-order valence-electron chi connectivity index (χ0n) is 13.8. The van der Waals surface area contributed by atoms with Gasteiger partial charge in [0, 0.05) is 24.6 Å². The number of phenols is 1. The lowest BCUT2D eigenvalue weighted by molar-refractivity contribution is -0.121. The number of piperidine rings is 1. The molecule has 1 fully saturated rings. The molecule has 0 aliphatic carbocycles. The van der Waals surface area contributed by atoms with E-state index in [0.717, 1.165) is 19.6 Å². The summed E-state index contributed by atoms with van der Waals surface area (Å²) in [6.07, 6.45) is 4.16. The fourth-order valence-electron chi connectivity index (χ4n) is 2.65. The van der Waals surface area contributed by atoms with Gasteiger partial charge in [0.25, 0.3) is 0 Å². The van der Waals surface area contributed by atoms with E-state index < -0.39 is 0 Å². The van der Waals surface area contributed by atoms with Gasteiger partial charge in [-0.2, -0.15) is 5.10 Å². The maximum absolute atomic E-state index is 11.9. The number of hydrogen-bond acceptors (Lipinski definition) is 5. The van der Waals surface area contributed by atoms with Gasteiger partial charge in [-0.15, -0.1) is 0 Å². The third-order valence-corrected chi connectivity index (χ3v) is 4.05. The first-order valence-corrected chi connectivity index (χ1v) is 8.03. The number of ether oxygens (including phenoxy) is 1. The van der Waals surface area contributed by atoms with Crippen molar-refractivity contribution in [3.8, 4) is 11.5 Å². The normalized spacial score (nSPS) is 16.2. The van der Waals surface area contributed by atoms with Gasteiger partial charge in [0.2, 0.25) is 5.91 Å². The second kappa shape index (κ2) is 8.53. The molecule has 1 aromatic rings. The molecular formula is C17H25N3O3. The van der Waals surface area contributed by atoms with Crippen molar-refractivity contribution in [2.45, 2.75) is 32.6 Å². The van der Waals surface area contributed by atoms with Crippen molar-refractivity contribution in [1.82, 2.24) is 10.3 Å². The molecule has 2 N–H and O–H groups in total. The average molecular weight is 319 g/mol. The van der Waals surface area contributed by atoms with E-state index >= 15 is 0 Å². The number of phenolic OH excluding ortho intramolecular Hbond substituents is 1. The Morgan fingerprint density at radius 2 is 2.09 bits per heavy atom. The molecule has 1 aromatic carbocycles. The van der Waals surface area contributed by atoms with Gasteiger partial charge in [-0.05, 0) is 45.0 Å². The Morgan fingerprint density at radius 3 is 2.74 bits per heavy atom. The van der Waals surface area contributed by atoms with E-state index in [1.165, 1.54) is 32.4 Å². The highest BCUT2D eigenvalue weighted by Gasteiger charge is 2.12. The van der Waals surface area contributed by atoms with Gasteiger partial charge in [-0.3, -0.25) is 4.79 Å². The molecule has 1 amide bonds. The van der Waals surface area contributed by atoms with Crippen molar-refractivity contribution in [2.24, 2.45) is 5.10 Å². The molecule has 6 heteroatoms. The van der Waals surface area contributed by atoms with E-state index in [-0.39, 0.29) is 11.7 Å². The highest BCUT2D eigenvalue weighted by molar-refractivity contribution is 6.01. The highest BCUT2D eigenvalue weighted by Crippen LogP contribution is 2.23. The van der Waals surface area contributed by atoms with Gasteiger partial charge in [0.1, 0.15) is 11.5 Å². The first-order valence-electron chi connectivity index (χ1n) is 8.03. The van der Waals surface area contributed by atoms with Crippen LogP contribution in [0, 0.1) is 0 Å². The first kappa shape index (κ1) is 17.3. The Hall–Kier alpha value is -2.08. The van der Waals surface area contributed by atoms with Crippen LogP contribution in [0.4, 0.5) is 0 Å². The highest BCUT2D eigenvalue weighted by atomic mass is 16.5. The summed E-state index contributed by atoms with van der Waals surface area (Å²) < 4.78 is 5.04. The summed E-state index contributed by atoms with van der Waals surface area (Å²) in [5, 5.41) is 14.0. The van der Waals surface area contributed by atoms with E-state index in [4.69, 9.17) is 4.74 Å². The Labute approximate surface area is 137 Å². The fourth-order valence-corrected chi connectivity index (χ4v) is 2.65. The lowest BCUT2D eigenvalue weighted by Gasteiger charge is -2.25. The zero-order chi connectivity index (χ0) is 16.7. The molecule has 6 nitrogen and oxygen atoms in total. The third kappa shape index (κ3) is 5.25. The van der Waals surface area contributed by atoms with Gasteiger partial charge in [-0.25, -0.2) is 5.43 Å². The number of nitrogens with one attached hydrogen (secondary N) is 1. The summed E-state index contributed by atoms with van der Waals surface area (Å²) in [7, 11) is 1.54. The maximum Gasteiger partial charge on any atom is 0.241 e. The molecule has 0 spiro atoms. The van der Waals surface area contributed by atoms with Gasteiger partial charge in [0.05, 0.1) is 12.8 Å². The maximum atomic E-state index is 11.9. The lowest BCUT2D eigenvalue weighted by Crippen LogP contribution is -2.33. The fraction of sp³-hybridized carbons (Fsp3) is 0.529. The van der Waals surface area contributed by atoms with E-state index in [0.29, 0.717) is 23.4 Å². The second-order valence-corrected chi connectivity index (χ2v) is 5.77. The number of amides is 1.